The van der Waals surface area contributed by atoms with Crippen LogP contribution in [-0.4, -0.2) is 36.8 Å². The van der Waals surface area contributed by atoms with Crippen molar-refractivity contribution < 1.29 is 192 Å². The minimum Gasteiger partial charge on any atom is -0.665 e. The van der Waals surface area contributed by atoms with E-state index in [0.717, 1.165) is 109 Å². The van der Waals surface area contributed by atoms with Gasteiger partial charge in [-0.1, -0.05) is 249 Å². The van der Waals surface area contributed by atoms with Crippen molar-refractivity contribution in [3.05, 3.63) is 387 Å². The van der Waals surface area contributed by atoms with Crippen LogP contribution in [0.25, 0.3) is 101 Å². The van der Waals surface area contributed by atoms with Gasteiger partial charge in [0.25, 0.3) is 0 Å². The maximum Gasteiger partial charge on any atom is 2.00 e. The molecule has 0 saturated carbocycles. The van der Waals surface area contributed by atoms with Gasteiger partial charge in [0.15, 0.2) is 5.76 Å². The van der Waals surface area contributed by atoms with Crippen LogP contribution in [-0.2, 0) is 0 Å². The predicted octanol–water partition coefficient (Wildman–Crippen LogP) is 18.7. The molecule has 7 heterocycles. The topological polar surface area (TPSA) is 206 Å². The van der Waals surface area contributed by atoms with Gasteiger partial charge >= 0.3 is 154 Å². The molecule has 0 saturated heterocycles. The van der Waals surface area contributed by atoms with Crippen LogP contribution in [0.5, 0.6) is 0 Å². The Balaban J connectivity index is 0.000000155. The van der Waals surface area contributed by atoms with Crippen molar-refractivity contribution in [3.63, 3.8) is 0 Å². The van der Waals surface area contributed by atoms with Crippen LogP contribution in [0.3, 0.4) is 0 Å². The van der Waals surface area contributed by atoms with E-state index in [0.29, 0.717) is 22.1 Å². The fraction of sp³-hybridized carbons (Fsp3) is 0.0488. The van der Waals surface area contributed by atoms with Gasteiger partial charge in [-0.3, -0.25) is 0 Å². The number of hydrogen-bond donors (Lipinski definition) is 6. The number of thiophene rings is 1. The zero-order valence-electron chi connectivity index (χ0n) is 53.5. The maximum absolute atomic E-state index is 11.8. The van der Waals surface area contributed by atoms with Crippen LogP contribution in [0.4, 0.5) is 47.3 Å². The molecular formula is C82H63Eu3F3N6O6S. The molecule has 101 heavy (non-hydrogen) atoms. The van der Waals surface area contributed by atoms with Crippen LogP contribution in [0, 0.1) is 148 Å². The number of aliphatic hydroxyl groups is 6. The Bertz CT molecular complexity index is 4820. The summed E-state index contributed by atoms with van der Waals surface area (Å²) < 4.78 is 35.5. The molecule has 1 aromatic heterocycles. The first-order valence-corrected chi connectivity index (χ1v) is 31.8. The van der Waals surface area contributed by atoms with Crippen molar-refractivity contribution in [1.29, 1.82) is 0 Å². The van der Waals surface area contributed by atoms with E-state index in [-0.39, 0.29) is 160 Å². The summed E-state index contributed by atoms with van der Waals surface area (Å²) in [6.45, 7) is 0. The van der Waals surface area contributed by atoms with Crippen LogP contribution in [0.15, 0.2) is 297 Å². The molecule has 0 aliphatic carbocycles. The zero-order valence-corrected chi connectivity index (χ0v) is 61.5. The van der Waals surface area contributed by atoms with Crippen LogP contribution >= 0.6 is 11.3 Å². The van der Waals surface area contributed by atoms with E-state index in [4.69, 9.17) is 5.11 Å². The van der Waals surface area contributed by atoms with Crippen molar-refractivity contribution in [2.24, 2.45) is 0 Å². The van der Waals surface area contributed by atoms with E-state index < -0.39 is 30.2 Å². The third kappa shape index (κ3) is 21.9. The Labute approximate surface area is 708 Å². The number of hydrogen-bond acceptors (Lipinski definition) is 7. The molecule has 9 aromatic carbocycles. The molecular weight excluding hydrogens is 1710 g/mol. The second-order valence-corrected chi connectivity index (χ2v) is 23.1. The third-order valence-electron chi connectivity index (χ3n) is 15.5. The van der Waals surface area contributed by atoms with Gasteiger partial charge in [-0.15, -0.1) is 45.5 Å². The average Bonchev–Trinajstić information content (AvgIpc) is 1.22. The largest absolute Gasteiger partial charge is 2.00 e. The third-order valence-corrected chi connectivity index (χ3v) is 16.4. The maximum atomic E-state index is 11.8. The van der Waals surface area contributed by atoms with Gasteiger partial charge < -0.3 is 62.5 Å². The summed E-state index contributed by atoms with van der Waals surface area (Å²) in [6.07, 6.45) is 30.2. The van der Waals surface area contributed by atoms with Crippen molar-refractivity contribution in [3.8, 4) is 0 Å². The number of benzene rings is 9. The molecule has 3 atom stereocenters. The molecule has 0 bridgehead atoms. The standard InChI is InChI=1S/C23H18O2.C15H14O2.3C12H8N2.C8H7F3O2S.3Eu/c24-22(20-11-9-16-5-1-3-7-18(16)13-20)15-23(25)21-12-10-17-6-2-4-8-19(17)14-21;16-14(12-7-3-1-4-8-12)11-15(17)13-9-5-2-6-10-13;3*1-3-9-5-6-10-4-2-8-14-12(10)11(9)13-7-1;9-8(10,11)7(13)4-5(12)6-2-1-3-14-6;;;/h1-15,22,24-25H;1-11,14,16-17H;3*1-8H;1-5,12-13H;;;/q;;3*-2;;3*+2. The van der Waals surface area contributed by atoms with Crippen molar-refractivity contribution >= 4 is 115 Å². The first-order chi connectivity index (χ1) is 47.7. The number of alkyl halides is 3. The molecule has 0 fully saturated rings. The molecule has 3 radical (unpaired) electrons. The van der Waals surface area contributed by atoms with Crippen LogP contribution < -0.4 is 31.3 Å². The van der Waals surface area contributed by atoms with Crippen LogP contribution in [0.2, 0.25) is 0 Å². The summed E-state index contributed by atoms with van der Waals surface area (Å²) in [4.78, 5) is 0.348. The van der Waals surface area contributed by atoms with Gasteiger partial charge in [0.1, 0.15) is 29.8 Å². The minimum absolute atomic E-state index is 0. The van der Waals surface area contributed by atoms with E-state index in [2.05, 4.69) is 105 Å². The molecule has 6 aliphatic heterocycles. The first-order valence-electron chi connectivity index (χ1n) is 30.9. The molecule has 3 unspecified atom stereocenters. The van der Waals surface area contributed by atoms with Crippen LogP contribution in [0.1, 0.15) is 45.4 Å². The average molecular weight is 1770 g/mol. The summed E-state index contributed by atoms with van der Waals surface area (Å²) >= 11 is 1.11. The normalized spacial score (nSPS) is 14.1. The predicted molar refractivity (Wildman–Crippen MR) is 395 cm³/mol. The molecule has 10 aromatic rings. The number of rotatable bonds is 8. The smallest absolute Gasteiger partial charge is 0.665 e. The zero-order chi connectivity index (χ0) is 68.2. The molecule has 505 valence electrons. The molecule has 6 N–H and O–H groups in total. The van der Waals surface area contributed by atoms with Crippen molar-refractivity contribution in [2.45, 2.75) is 24.5 Å². The molecule has 12 nitrogen and oxygen atoms in total. The van der Waals surface area contributed by atoms with Gasteiger partial charge in [0.2, 0.25) is 0 Å². The number of halogens is 3. The second-order valence-electron chi connectivity index (χ2n) is 22.1. The van der Waals surface area contributed by atoms with Gasteiger partial charge in [-0.05, 0) is 106 Å². The molecule has 19 heteroatoms. The Morgan fingerprint density at radius 1 is 0.337 bits per heavy atom. The summed E-state index contributed by atoms with van der Waals surface area (Å²) in [5, 5.41) is 97.3. The first kappa shape index (κ1) is 79.4. The fourth-order valence-corrected chi connectivity index (χ4v) is 11.2. The van der Waals surface area contributed by atoms with Gasteiger partial charge in [-0.2, -0.15) is 50.4 Å². The molecule has 16 rings (SSSR count). The van der Waals surface area contributed by atoms with E-state index >= 15 is 0 Å². The monoisotopic (exact) mass is 1780 g/mol. The molecule has 0 spiro atoms. The number of allylic oxidation sites excluding steroid dienone is 7. The Morgan fingerprint density at radius 3 is 1.07 bits per heavy atom. The van der Waals surface area contributed by atoms with E-state index in [1.807, 2.05) is 170 Å². The molecule has 0 amide bonds. The van der Waals surface area contributed by atoms with Gasteiger partial charge in [-0.25, -0.2) is 0 Å². The Morgan fingerprint density at radius 2 is 0.683 bits per heavy atom. The number of nitrogens with zero attached hydrogens (tertiary/aromatic N) is 6. The summed E-state index contributed by atoms with van der Waals surface area (Å²) in [6, 6.07) is 61.5. The van der Waals surface area contributed by atoms with Gasteiger partial charge in [0.05, 0.1) is 0 Å². The van der Waals surface area contributed by atoms with Crippen molar-refractivity contribution in [2.75, 3.05) is 0 Å². The summed E-state index contributed by atoms with van der Waals surface area (Å²) in [5.41, 5.74) is 8.77. The number of fused-ring (bicyclic) bond motifs is 11. The Hall–Kier alpha value is -7.30. The van der Waals surface area contributed by atoms with E-state index in [1.165, 1.54) is 18.2 Å². The Kier molecular flexibility index (Phi) is 31.0. The molecule has 6 aliphatic rings. The van der Waals surface area contributed by atoms with Gasteiger partial charge in [0, 0.05) is 16.0 Å². The summed E-state index contributed by atoms with van der Waals surface area (Å²) in [5.74, 6) is -1.62. The van der Waals surface area contributed by atoms with Crippen molar-refractivity contribution in [1.82, 2.24) is 0 Å². The fourth-order valence-electron chi connectivity index (χ4n) is 10.5. The van der Waals surface area contributed by atoms with E-state index in [9.17, 15) is 38.7 Å². The summed E-state index contributed by atoms with van der Waals surface area (Å²) in [7, 11) is 0. The quantitative estimate of drug-likeness (QED) is 0.0816. The number of aliphatic hydroxyl groups excluding tert-OH is 6. The SMILES string of the molecule is C1=C[N-]c2c3c(ccc2=C1)=CC=C[N-]3.C1=C[N-]c2c3c(ccc2=C1)=CC=C[N-]3.C1=C[N-]c2c3c(ccc2=C1)=CC=C[N-]3.OC(=CC(O)c1ccc2ccccc2c1)c1ccc2ccccc2c1.OC(=CC(O)c1ccccc1)c1ccccc1.OC(=CC(O)c1cccs1)C(F)(F)F.[Eu+2].[Eu+2].[Eu+2]. The van der Waals surface area contributed by atoms with E-state index in [1.54, 1.807) is 60.8 Å². The minimum atomic E-state index is -4.81. The second kappa shape index (κ2) is 39.4.